The van der Waals surface area contributed by atoms with E-state index in [1.807, 2.05) is 30.5 Å². The Morgan fingerprint density at radius 2 is 2.16 bits per heavy atom. The maximum atomic E-state index is 5.13. The second-order valence-corrected chi connectivity index (χ2v) is 4.58. The van der Waals surface area contributed by atoms with Crippen LogP contribution in [0.4, 0.5) is 5.82 Å². The molecule has 6 heteroatoms. The van der Waals surface area contributed by atoms with Gasteiger partial charge in [0.2, 0.25) is 0 Å². The van der Waals surface area contributed by atoms with Crippen molar-refractivity contribution in [1.29, 1.82) is 0 Å². The van der Waals surface area contributed by atoms with Gasteiger partial charge in [0.1, 0.15) is 5.82 Å². The predicted molar refractivity (Wildman–Crippen MR) is 77.7 cm³/mol. The molecule has 0 amide bonds. The Labute approximate surface area is 115 Å². The number of benzene rings is 1. The van der Waals surface area contributed by atoms with Crippen molar-refractivity contribution in [3.05, 3.63) is 47.3 Å². The second kappa shape index (κ2) is 5.19. The summed E-state index contributed by atoms with van der Waals surface area (Å²) in [7, 11) is 0. The molecule has 2 aromatic heterocycles. The first kappa shape index (κ1) is 11.9. The quantitative estimate of drug-likeness (QED) is 0.638. The Morgan fingerprint density at radius 3 is 3.00 bits per heavy atom. The molecule has 0 atom stereocenters. The summed E-state index contributed by atoms with van der Waals surface area (Å²) in [6.07, 6.45) is 4.37. The van der Waals surface area contributed by atoms with Gasteiger partial charge in [0.15, 0.2) is 4.77 Å². The van der Waals surface area contributed by atoms with Gasteiger partial charge in [-0.1, -0.05) is 12.1 Å². The maximum absolute atomic E-state index is 5.13. The van der Waals surface area contributed by atoms with E-state index in [0.29, 0.717) is 4.77 Å². The van der Waals surface area contributed by atoms with E-state index in [-0.39, 0.29) is 0 Å². The van der Waals surface area contributed by atoms with E-state index in [1.54, 1.807) is 6.33 Å². The summed E-state index contributed by atoms with van der Waals surface area (Å²) in [6, 6.07) is 7.97. The summed E-state index contributed by atoms with van der Waals surface area (Å²) in [5.74, 6) is 0.818. The molecule has 0 saturated heterocycles. The monoisotopic (exact) mass is 271 g/mol. The smallest absolute Gasteiger partial charge is 0.199 e. The molecule has 2 heterocycles. The lowest BCUT2D eigenvalue weighted by Gasteiger charge is -2.08. The van der Waals surface area contributed by atoms with Gasteiger partial charge in [-0.2, -0.15) is 0 Å². The van der Waals surface area contributed by atoms with Crippen molar-refractivity contribution in [2.24, 2.45) is 0 Å². The zero-order chi connectivity index (χ0) is 13.1. The Morgan fingerprint density at radius 1 is 1.26 bits per heavy atom. The number of imidazole rings is 1. The molecule has 5 nitrogen and oxygen atoms in total. The zero-order valence-corrected chi connectivity index (χ0v) is 11.0. The Hall–Kier alpha value is -2.21. The van der Waals surface area contributed by atoms with Crippen molar-refractivity contribution in [2.75, 3.05) is 11.9 Å². The third-order valence-electron chi connectivity index (χ3n) is 2.88. The molecule has 0 aliphatic rings. The third kappa shape index (κ3) is 2.63. The molecular weight excluding hydrogens is 258 g/mol. The van der Waals surface area contributed by atoms with Crippen LogP contribution < -0.4 is 5.32 Å². The highest BCUT2D eigenvalue weighted by atomic mass is 32.1. The van der Waals surface area contributed by atoms with Crippen LogP contribution in [0, 0.1) is 4.77 Å². The van der Waals surface area contributed by atoms with Crippen LogP contribution >= 0.6 is 12.2 Å². The molecule has 0 saturated carbocycles. The van der Waals surface area contributed by atoms with Crippen LogP contribution in [-0.4, -0.2) is 26.5 Å². The second-order valence-electron chi connectivity index (χ2n) is 4.19. The van der Waals surface area contributed by atoms with Gasteiger partial charge in [-0.15, -0.1) is 0 Å². The minimum Gasteiger partial charge on any atom is -0.369 e. The lowest BCUT2D eigenvalue weighted by atomic mass is 10.2. The van der Waals surface area contributed by atoms with Crippen LogP contribution in [0.2, 0.25) is 0 Å². The standard InChI is InChI=1S/C13H13N5S/c19-13-17-11-4-2-1-3-10(11)12(18-13)15-6-5-9-7-14-8-16-9/h1-4,7-8H,5-6H2,(H,14,16)(H2,15,17,18,19). The summed E-state index contributed by atoms with van der Waals surface area (Å²) >= 11 is 5.13. The molecule has 96 valence electrons. The SMILES string of the molecule is S=c1nc(NCCc2cnc[nH]2)c2ccccc2[nH]1. The van der Waals surface area contributed by atoms with Gasteiger partial charge in [0.05, 0.1) is 11.8 Å². The van der Waals surface area contributed by atoms with Crippen molar-refractivity contribution < 1.29 is 0 Å². The largest absolute Gasteiger partial charge is 0.369 e. The third-order valence-corrected chi connectivity index (χ3v) is 3.07. The summed E-state index contributed by atoms with van der Waals surface area (Å²) in [6.45, 7) is 0.776. The number of aromatic nitrogens is 4. The highest BCUT2D eigenvalue weighted by molar-refractivity contribution is 7.71. The fourth-order valence-corrected chi connectivity index (χ4v) is 2.18. The Balaban J connectivity index is 1.82. The molecule has 3 aromatic rings. The van der Waals surface area contributed by atoms with Crippen LogP contribution in [0.25, 0.3) is 10.9 Å². The first-order valence-corrected chi connectivity index (χ1v) is 6.44. The average molecular weight is 271 g/mol. The van der Waals surface area contributed by atoms with Gasteiger partial charge in [0, 0.05) is 30.2 Å². The van der Waals surface area contributed by atoms with E-state index in [9.17, 15) is 0 Å². The minimum absolute atomic E-state index is 0.489. The van der Waals surface area contributed by atoms with E-state index in [1.165, 1.54) is 0 Å². The number of H-pyrrole nitrogens is 2. The molecule has 0 spiro atoms. The van der Waals surface area contributed by atoms with E-state index >= 15 is 0 Å². The van der Waals surface area contributed by atoms with Crippen LogP contribution in [0.1, 0.15) is 5.69 Å². The summed E-state index contributed by atoms with van der Waals surface area (Å²) in [5.41, 5.74) is 2.09. The number of nitrogens with one attached hydrogen (secondary N) is 3. The minimum atomic E-state index is 0.489. The molecule has 3 N–H and O–H groups in total. The van der Waals surface area contributed by atoms with Crippen molar-refractivity contribution >= 4 is 28.9 Å². The molecule has 1 aromatic carbocycles. The van der Waals surface area contributed by atoms with Crippen molar-refractivity contribution in [1.82, 2.24) is 19.9 Å². The normalized spacial score (nSPS) is 10.7. The average Bonchev–Trinajstić information content (AvgIpc) is 2.91. The van der Waals surface area contributed by atoms with Gasteiger partial charge in [-0.3, -0.25) is 0 Å². The highest BCUT2D eigenvalue weighted by Crippen LogP contribution is 2.18. The number of para-hydroxylation sites is 1. The topological polar surface area (TPSA) is 69.4 Å². The fraction of sp³-hybridized carbons (Fsp3) is 0.154. The molecule has 0 radical (unpaired) electrons. The molecule has 3 rings (SSSR count). The van der Waals surface area contributed by atoms with E-state index < -0.39 is 0 Å². The number of nitrogens with zero attached hydrogens (tertiary/aromatic N) is 2. The first-order chi connectivity index (χ1) is 9.33. The lowest BCUT2D eigenvalue weighted by molar-refractivity contribution is 0.967. The van der Waals surface area contributed by atoms with Crippen molar-refractivity contribution in [2.45, 2.75) is 6.42 Å². The van der Waals surface area contributed by atoms with Gasteiger partial charge < -0.3 is 15.3 Å². The van der Waals surface area contributed by atoms with Crippen LogP contribution in [-0.2, 0) is 6.42 Å². The first-order valence-electron chi connectivity index (χ1n) is 6.03. The summed E-state index contributed by atoms with van der Waals surface area (Å²) in [4.78, 5) is 14.5. The van der Waals surface area contributed by atoms with Gasteiger partial charge in [-0.25, -0.2) is 9.97 Å². The van der Waals surface area contributed by atoms with E-state index in [4.69, 9.17) is 12.2 Å². The molecule has 0 fully saturated rings. The zero-order valence-electron chi connectivity index (χ0n) is 10.2. The lowest BCUT2D eigenvalue weighted by Crippen LogP contribution is -2.07. The molecule has 0 bridgehead atoms. The van der Waals surface area contributed by atoms with Crippen LogP contribution in [0.5, 0.6) is 0 Å². The van der Waals surface area contributed by atoms with E-state index in [2.05, 4.69) is 25.3 Å². The Kier molecular flexibility index (Phi) is 3.24. The number of rotatable bonds is 4. The maximum Gasteiger partial charge on any atom is 0.199 e. The highest BCUT2D eigenvalue weighted by Gasteiger charge is 2.02. The molecule has 0 unspecified atom stereocenters. The summed E-state index contributed by atoms with van der Waals surface area (Å²) < 4.78 is 0.489. The summed E-state index contributed by atoms with van der Waals surface area (Å²) in [5, 5.41) is 4.36. The van der Waals surface area contributed by atoms with Crippen molar-refractivity contribution in [3.63, 3.8) is 0 Å². The van der Waals surface area contributed by atoms with Crippen LogP contribution in [0.3, 0.4) is 0 Å². The molecule has 0 aliphatic carbocycles. The number of hydrogen-bond donors (Lipinski definition) is 3. The fourth-order valence-electron chi connectivity index (χ4n) is 1.98. The number of hydrogen-bond acceptors (Lipinski definition) is 4. The molecule has 0 aliphatic heterocycles. The number of fused-ring (bicyclic) bond motifs is 1. The van der Waals surface area contributed by atoms with E-state index in [0.717, 1.165) is 35.4 Å². The molecular formula is C13H13N5S. The van der Waals surface area contributed by atoms with Crippen LogP contribution in [0.15, 0.2) is 36.8 Å². The van der Waals surface area contributed by atoms with Gasteiger partial charge in [-0.05, 0) is 24.4 Å². The van der Waals surface area contributed by atoms with Gasteiger partial charge >= 0.3 is 0 Å². The van der Waals surface area contributed by atoms with Crippen molar-refractivity contribution in [3.8, 4) is 0 Å². The number of aromatic amines is 2. The predicted octanol–water partition coefficient (Wildman–Crippen LogP) is 2.67. The number of anilines is 1. The van der Waals surface area contributed by atoms with Gasteiger partial charge in [0.25, 0.3) is 0 Å². The Bertz CT molecular complexity index is 732. The molecule has 19 heavy (non-hydrogen) atoms.